The van der Waals surface area contributed by atoms with Crippen molar-refractivity contribution < 1.29 is 22.7 Å². The highest BCUT2D eigenvalue weighted by Gasteiger charge is 2.31. The predicted octanol–water partition coefficient (Wildman–Crippen LogP) is 5.51. The highest BCUT2D eigenvalue weighted by Crippen LogP contribution is 2.32. The molecule has 42 heavy (non-hydrogen) atoms. The fourth-order valence-electron chi connectivity index (χ4n) is 4.31. The lowest BCUT2D eigenvalue weighted by atomic mass is 10.2. The Bertz CT molecular complexity index is 1730. The number of sulfonamides is 1. The second kappa shape index (κ2) is 12.7. The Balaban J connectivity index is 1.38. The van der Waals surface area contributed by atoms with Gasteiger partial charge in [-0.3, -0.25) is 4.79 Å². The molecule has 5 rings (SSSR count). The predicted molar refractivity (Wildman–Crippen MR) is 167 cm³/mol. The Morgan fingerprint density at radius 3 is 2.40 bits per heavy atom. The summed E-state index contributed by atoms with van der Waals surface area (Å²) in [4.78, 5) is 31.9. The Kier molecular flexibility index (Phi) is 9.02. The molecule has 1 saturated heterocycles. The largest absolute Gasteiger partial charge is 0.450 e. The molecule has 1 aromatic heterocycles. The summed E-state index contributed by atoms with van der Waals surface area (Å²) >= 11 is 4.79. The molecular weight excluding hydrogens is 642 g/mol. The summed E-state index contributed by atoms with van der Waals surface area (Å²) in [5.74, 6) is -0.455. The molecule has 0 unspecified atom stereocenters. The number of fused-ring (bicyclic) bond motifs is 1. The Morgan fingerprint density at radius 1 is 1.05 bits per heavy atom. The quantitative estimate of drug-likeness (QED) is 0.189. The van der Waals surface area contributed by atoms with Gasteiger partial charge in [0.1, 0.15) is 0 Å². The highest BCUT2D eigenvalue weighted by molar-refractivity contribution is 9.10. The summed E-state index contributed by atoms with van der Waals surface area (Å²) in [6.45, 7) is 4.74. The van der Waals surface area contributed by atoms with Crippen LogP contribution in [-0.4, -0.2) is 73.6 Å². The molecule has 0 atom stereocenters. The number of thiazole rings is 1. The van der Waals surface area contributed by atoms with Crippen molar-refractivity contribution in [1.29, 1.82) is 0 Å². The molecule has 1 fully saturated rings. The average molecular weight is 671 g/mol. The summed E-state index contributed by atoms with van der Waals surface area (Å²) in [5.41, 5.74) is 2.90. The fraction of sp³-hybridized carbons (Fsp3) is 0.241. The third-order valence-electron chi connectivity index (χ3n) is 6.62. The van der Waals surface area contributed by atoms with E-state index in [0.717, 1.165) is 25.8 Å². The van der Waals surface area contributed by atoms with Gasteiger partial charge in [0.15, 0.2) is 0 Å². The van der Waals surface area contributed by atoms with E-state index < -0.39 is 22.0 Å². The number of hydrogen-bond acceptors (Lipinski definition) is 8. The third kappa shape index (κ3) is 6.54. The first-order valence-corrected chi connectivity index (χ1v) is 16.2. The molecule has 0 bridgehead atoms. The van der Waals surface area contributed by atoms with Crippen LogP contribution in [-0.2, 0) is 14.8 Å². The van der Waals surface area contributed by atoms with Crippen LogP contribution >= 0.6 is 27.3 Å². The van der Waals surface area contributed by atoms with Crippen molar-refractivity contribution in [1.82, 2.24) is 14.2 Å². The topological polar surface area (TPSA) is 112 Å². The average Bonchev–Trinajstić information content (AvgIpc) is 3.41. The Hall–Kier alpha value is -3.65. The number of amides is 2. The summed E-state index contributed by atoms with van der Waals surface area (Å²) in [7, 11) is -3.82. The lowest BCUT2D eigenvalue weighted by Crippen LogP contribution is -2.50. The maximum absolute atomic E-state index is 13.7. The van der Waals surface area contributed by atoms with E-state index >= 15 is 0 Å². The second-order valence-corrected chi connectivity index (χ2v) is 13.4. The fourth-order valence-corrected chi connectivity index (χ4v) is 7.21. The van der Waals surface area contributed by atoms with Crippen LogP contribution in [0.25, 0.3) is 10.2 Å². The van der Waals surface area contributed by atoms with E-state index in [-0.39, 0.29) is 43.2 Å². The van der Waals surface area contributed by atoms with Gasteiger partial charge in [0.25, 0.3) is 5.91 Å². The number of ether oxygens (including phenoxy) is 1. The maximum atomic E-state index is 13.7. The number of aryl methyl sites for hydroxylation is 1. The molecule has 13 heteroatoms. The van der Waals surface area contributed by atoms with Gasteiger partial charge in [-0.15, -0.1) is 0 Å². The van der Waals surface area contributed by atoms with E-state index in [1.54, 1.807) is 13.1 Å². The highest BCUT2D eigenvalue weighted by atomic mass is 79.9. The van der Waals surface area contributed by atoms with Crippen molar-refractivity contribution in [2.75, 3.05) is 37.8 Å². The first kappa shape index (κ1) is 29.8. The third-order valence-corrected chi connectivity index (χ3v) is 10.0. The summed E-state index contributed by atoms with van der Waals surface area (Å²) in [6, 6.07) is 19.2. The van der Waals surface area contributed by atoms with Gasteiger partial charge in [-0.2, -0.15) is 14.4 Å². The van der Waals surface area contributed by atoms with Gasteiger partial charge in [0, 0.05) is 36.2 Å². The van der Waals surface area contributed by atoms with E-state index in [1.165, 1.54) is 49.8 Å². The Labute approximate surface area is 256 Å². The minimum atomic E-state index is -3.82. The molecule has 0 spiro atoms. The van der Waals surface area contributed by atoms with Gasteiger partial charge in [0.05, 0.1) is 27.9 Å². The molecule has 10 nitrogen and oxygen atoms in total. The molecule has 3 aromatic carbocycles. The lowest BCUT2D eigenvalue weighted by molar-refractivity contribution is 0.0933. The monoisotopic (exact) mass is 669 g/mol. The number of hydrogen-bond donors (Lipinski definition) is 0. The number of piperazine rings is 1. The number of aromatic nitrogens is 1. The van der Waals surface area contributed by atoms with Crippen molar-refractivity contribution >= 4 is 70.9 Å². The van der Waals surface area contributed by atoms with Crippen LogP contribution in [0.1, 0.15) is 28.4 Å². The molecule has 218 valence electrons. The van der Waals surface area contributed by atoms with E-state index in [4.69, 9.17) is 4.74 Å². The normalized spacial score (nSPS) is 14.4. The second-order valence-electron chi connectivity index (χ2n) is 9.50. The summed E-state index contributed by atoms with van der Waals surface area (Å²) in [5, 5.41) is 6.11. The van der Waals surface area contributed by atoms with Crippen molar-refractivity contribution in [3.8, 4) is 0 Å². The van der Waals surface area contributed by atoms with Gasteiger partial charge in [-0.1, -0.05) is 57.1 Å². The number of carbonyl (C=O) groups is 2. The molecule has 2 heterocycles. The number of hydrazone groups is 1. The Morgan fingerprint density at radius 2 is 1.74 bits per heavy atom. The minimum Gasteiger partial charge on any atom is -0.450 e. The zero-order valence-electron chi connectivity index (χ0n) is 22.9. The van der Waals surface area contributed by atoms with Crippen LogP contribution in [0, 0.1) is 6.92 Å². The van der Waals surface area contributed by atoms with Crippen molar-refractivity contribution in [2.45, 2.75) is 18.7 Å². The molecule has 2 amide bonds. The SMILES string of the molecule is CCOC(=O)N1CCN(S(=O)(=O)c2ccc(C(=O)N(/N=C/c3ccc(C)cc3)c3nc4ccc(Br)cc4s3)cc2)CC1. The number of benzene rings is 3. The molecule has 1 aliphatic rings. The van der Waals surface area contributed by atoms with E-state index in [1.807, 2.05) is 49.4 Å². The van der Waals surface area contributed by atoms with Gasteiger partial charge in [0.2, 0.25) is 15.2 Å². The smallest absolute Gasteiger partial charge is 0.409 e. The van der Waals surface area contributed by atoms with Crippen molar-refractivity contribution in [2.24, 2.45) is 5.10 Å². The van der Waals surface area contributed by atoms with Crippen LogP contribution in [0.3, 0.4) is 0 Å². The number of rotatable bonds is 7. The van der Waals surface area contributed by atoms with Crippen LogP contribution in [0.5, 0.6) is 0 Å². The van der Waals surface area contributed by atoms with E-state index in [9.17, 15) is 18.0 Å². The molecular formula is C29H28BrN5O5S2. The molecule has 0 N–H and O–H groups in total. The maximum Gasteiger partial charge on any atom is 0.409 e. The zero-order chi connectivity index (χ0) is 29.9. The van der Waals surface area contributed by atoms with E-state index in [2.05, 4.69) is 26.0 Å². The van der Waals surface area contributed by atoms with Gasteiger partial charge in [-0.05, 0) is 61.9 Å². The summed E-state index contributed by atoms with van der Waals surface area (Å²) in [6.07, 6.45) is 1.14. The van der Waals surface area contributed by atoms with Crippen LogP contribution in [0.2, 0.25) is 0 Å². The standard InChI is InChI=1S/C29H28BrN5O5S2/c1-3-40-29(37)33-14-16-34(17-15-33)42(38,39)24-11-8-22(9-12-24)27(36)35(31-19-21-6-4-20(2)5-7-21)28-32-25-13-10-23(30)18-26(25)41-28/h4-13,18-19H,3,14-17H2,1-2H3/b31-19+. The number of anilines is 1. The van der Waals surface area contributed by atoms with Crippen LogP contribution < -0.4 is 5.01 Å². The molecule has 0 saturated carbocycles. The van der Waals surface area contributed by atoms with Gasteiger partial charge >= 0.3 is 6.09 Å². The molecule has 0 aliphatic carbocycles. The molecule has 1 aliphatic heterocycles. The van der Waals surface area contributed by atoms with Crippen LogP contribution in [0.4, 0.5) is 9.93 Å². The summed E-state index contributed by atoms with van der Waals surface area (Å²) < 4.78 is 34.7. The minimum absolute atomic E-state index is 0.0585. The number of halogens is 1. The number of carbonyl (C=O) groups excluding carboxylic acids is 2. The van der Waals surface area contributed by atoms with Gasteiger partial charge < -0.3 is 9.64 Å². The molecule has 0 radical (unpaired) electrons. The first-order chi connectivity index (χ1) is 20.2. The van der Waals surface area contributed by atoms with Crippen LogP contribution in [0.15, 0.2) is 81.2 Å². The zero-order valence-corrected chi connectivity index (χ0v) is 26.2. The molecule has 4 aromatic rings. The van der Waals surface area contributed by atoms with Gasteiger partial charge in [-0.25, -0.2) is 18.2 Å². The van der Waals surface area contributed by atoms with Crippen molar-refractivity contribution in [3.05, 3.63) is 87.9 Å². The lowest BCUT2D eigenvalue weighted by Gasteiger charge is -2.33. The van der Waals surface area contributed by atoms with E-state index in [0.29, 0.717) is 5.13 Å². The first-order valence-electron chi connectivity index (χ1n) is 13.2. The van der Waals surface area contributed by atoms with Crippen molar-refractivity contribution in [3.63, 3.8) is 0 Å². The number of nitrogens with zero attached hydrogens (tertiary/aromatic N) is 5.